The van der Waals surface area contributed by atoms with E-state index in [9.17, 15) is 9.59 Å². The molecular weight excluding hydrogens is 372 g/mol. The van der Waals surface area contributed by atoms with Crippen LogP contribution in [0.25, 0.3) is 0 Å². The first-order chi connectivity index (χ1) is 14.7. The Kier molecular flexibility index (Phi) is 6.23. The fraction of sp³-hybridized carbons (Fsp3) is 0.231. The lowest BCUT2D eigenvalue weighted by Gasteiger charge is -2.28. The second kappa shape index (κ2) is 9.40. The van der Waals surface area contributed by atoms with Gasteiger partial charge in [-0.05, 0) is 48.1 Å². The Balaban J connectivity index is 1.53. The number of amides is 2. The van der Waals surface area contributed by atoms with Gasteiger partial charge in [-0.25, -0.2) is 0 Å². The first-order valence-electron chi connectivity index (χ1n) is 10.5. The van der Waals surface area contributed by atoms with Crippen molar-refractivity contribution in [1.29, 1.82) is 0 Å². The molecule has 0 unspecified atom stereocenters. The van der Waals surface area contributed by atoms with E-state index in [1.165, 1.54) is 11.1 Å². The Bertz CT molecular complexity index is 1000. The maximum Gasteiger partial charge on any atom is 0.251 e. The summed E-state index contributed by atoms with van der Waals surface area (Å²) in [6.45, 7) is 0. The van der Waals surface area contributed by atoms with E-state index >= 15 is 0 Å². The van der Waals surface area contributed by atoms with Gasteiger partial charge < -0.3 is 10.6 Å². The summed E-state index contributed by atoms with van der Waals surface area (Å²) in [5.74, 6) is -0.388. The number of fused-ring (bicyclic) bond motifs is 1. The Hall–Kier alpha value is -3.40. The van der Waals surface area contributed by atoms with Crippen LogP contribution in [0.1, 0.15) is 45.9 Å². The van der Waals surface area contributed by atoms with Crippen molar-refractivity contribution in [2.24, 2.45) is 0 Å². The van der Waals surface area contributed by atoms with E-state index in [1.54, 1.807) is 12.1 Å². The normalized spacial score (nSPS) is 16.2. The molecule has 0 aliphatic heterocycles. The highest BCUT2D eigenvalue weighted by Crippen LogP contribution is 2.29. The number of rotatable bonds is 6. The van der Waals surface area contributed by atoms with Gasteiger partial charge in [0.1, 0.15) is 6.04 Å². The second-order valence-electron chi connectivity index (χ2n) is 7.73. The van der Waals surface area contributed by atoms with Crippen molar-refractivity contribution in [3.05, 3.63) is 107 Å². The average molecular weight is 399 g/mol. The summed E-state index contributed by atoms with van der Waals surface area (Å²) in [6, 6.07) is 26.4. The molecule has 0 heterocycles. The fourth-order valence-electron chi connectivity index (χ4n) is 4.07. The number of carbonyl (C=O) groups is 2. The summed E-state index contributed by atoms with van der Waals surface area (Å²) < 4.78 is 0. The van der Waals surface area contributed by atoms with Gasteiger partial charge in [0.05, 0.1) is 6.04 Å². The standard InChI is InChI=1S/C26H26N2O2/c29-25(21-13-5-2-6-14-21)28-24(18-19-10-3-1-4-11-19)26(30)27-23-17-9-15-20-12-7-8-16-22(20)23/h1-8,10-14,16,23-24H,9,15,17-18H2,(H,27,30)(H,28,29)/t23-,24-/m0/s1. The third-order valence-electron chi connectivity index (χ3n) is 5.63. The minimum absolute atomic E-state index is 0.0191. The monoisotopic (exact) mass is 398 g/mol. The molecule has 0 saturated heterocycles. The third-order valence-corrected chi connectivity index (χ3v) is 5.63. The maximum atomic E-state index is 13.3. The van der Waals surface area contributed by atoms with Crippen LogP contribution in [0.3, 0.4) is 0 Å². The molecule has 4 heteroatoms. The summed E-state index contributed by atoms with van der Waals surface area (Å²) in [5, 5.41) is 6.14. The molecule has 0 aromatic heterocycles. The molecule has 152 valence electrons. The average Bonchev–Trinajstić information content (AvgIpc) is 2.80. The van der Waals surface area contributed by atoms with Gasteiger partial charge in [0.15, 0.2) is 0 Å². The van der Waals surface area contributed by atoms with Crippen molar-refractivity contribution < 1.29 is 9.59 Å². The van der Waals surface area contributed by atoms with Crippen LogP contribution < -0.4 is 10.6 Å². The Labute approximate surface area is 177 Å². The number of aryl methyl sites for hydroxylation is 1. The van der Waals surface area contributed by atoms with Crippen LogP contribution in [0.15, 0.2) is 84.9 Å². The predicted molar refractivity (Wildman–Crippen MR) is 118 cm³/mol. The van der Waals surface area contributed by atoms with Crippen LogP contribution in [-0.4, -0.2) is 17.9 Å². The quantitative estimate of drug-likeness (QED) is 0.653. The van der Waals surface area contributed by atoms with Crippen molar-refractivity contribution in [1.82, 2.24) is 10.6 Å². The van der Waals surface area contributed by atoms with Crippen LogP contribution in [-0.2, 0) is 17.6 Å². The summed E-state index contributed by atoms with van der Waals surface area (Å²) in [7, 11) is 0. The van der Waals surface area contributed by atoms with Gasteiger partial charge >= 0.3 is 0 Å². The summed E-state index contributed by atoms with van der Waals surface area (Å²) >= 11 is 0. The molecule has 0 radical (unpaired) electrons. The van der Waals surface area contributed by atoms with Crippen molar-refractivity contribution in [2.75, 3.05) is 0 Å². The van der Waals surface area contributed by atoms with Crippen LogP contribution in [0, 0.1) is 0 Å². The van der Waals surface area contributed by atoms with Crippen molar-refractivity contribution in [3.63, 3.8) is 0 Å². The number of nitrogens with one attached hydrogen (secondary N) is 2. The predicted octanol–water partition coefficient (Wildman–Crippen LogP) is 4.22. The Morgan fingerprint density at radius 1 is 0.867 bits per heavy atom. The van der Waals surface area contributed by atoms with E-state index in [1.807, 2.05) is 60.7 Å². The minimum atomic E-state index is -0.644. The molecule has 0 spiro atoms. The zero-order chi connectivity index (χ0) is 20.8. The van der Waals surface area contributed by atoms with E-state index in [-0.39, 0.29) is 17.9 Å². The van der Waals surface area contributed by atoms with Crippen LogP contribution in [0.5, 0.6) is 0 Å². The van der Waals surface area contributed by atoms with Crippen LogP contribution in [0.4, 0.5) is 0 Å². The molecule has 2 N–H and O–H groups in total. The van der Waals surface area contributed by atoms with Gasteiger partial charge in [-0.15, -0.1) is 0 Å². The first kappa shape index (κ1) is 19.9. The molecular formula is C26H26N2O2. The lowest BCUT2D eigenvalue weighted by molar-refractivity contribution is -0.123. The second-order valence-corrected chi connectivity index (χ2v) is 7.73. The molecule has 4 rings (SSSR count). The molecule has 30 heavy (non-hydrogen) atoms. The van der Waals surface area contributed by atoms with Gasteiger partial charge in [-0.3, -0.25) is 9.59 Å². The topological polar surface area (TPSA) is 58.2 Å². The smallest absolute Gasteiger partial charge is 0.251 e. The Morgan fingerprint density at radius 2 is 1.53 bits per heavy atom. The highest BCUT2D eigenvalue weighted by molar-refractivity contribution is 5.97. The summed E-state index contributed by atoms with van der Waals surface area (Å²) in [4.78, 5) is 26.0. The molecule has 3 aromatic carbocycles. The van der Waals surface area contributed by atoms with E-state index in [0.29, 0.717) is 12.0 Å². The zero-order valence-corrected chi connectivity index (χ0v) is 16.9. The lowest BCUT2D eigenvalue weighted by atomic mass is 9.87. The summed E-state index contributed by atoms with van der Waals surface area (Å²) in [6.07, 6.45) is 3.44. The van der Waals surface area contributed by atoms with Crippen LogP contribution in [0.2, 0.25) is 0 Å². The van der Waals surface area contributed by atoms with E-state index in [0.717, 1.165) is 24.8 Å². The van der Waals surface area contributed by atoms with Crippen molar-refractivity contribution in [3.8, 4) is 0 Å². The number of carbonyl (C=O) groups excluding carboxylic acids is 2. The highest BCUT2D eigenvalue weighted by Gasteiger charge is 2.27. The van der Waals surface area contributed by atoms with Gasteiger partial charge in [0.2, 0.25) is 5.91 Å². The molecule has 1 aliphatic carbocycles. The number of benzene rings is 3. The van der Waals surface area contributed by atoms with Crippen molar-refractivity contribution in [2.45, 2.75) is 37.8 Å². The van der Waals surface area contributed by atoms with E-state index in [4.69, 9.17) is 0 Å². The van der Waals surface area contributed by atoms with Gasteiger partial charge in [0, 0.05) is 12.0 Å². The van der Waals surface area contributed by atoms with Gasteiger partial charge in [-0.1, -0.05) is 72.8 Å². The molecule has 0 saturated carbocycles. The van der Waals surface area contributed by atoms with E-state index < -0.39 is 6.04 Å². The number of hydrogen-bond acceptors (Lipinski definition) is 2. The highest BCUT2D eigenvalue weighted by atomic mass is 16.2. The molecule has 3 aromatic rings. The maximum absolute atomic E-state index is 13.3. The van der Waals surface area contributed by atoms with Crippen LogP contribution >= 0.6 is 0 Å². The number of hydrogen-bond donors (Lipinski definition) is 2. The fourth-order valence-corrected chi connectivity index (χ4v) is 4.07. The first-order valence-corrected chi connectivity index (χ1v) is 10.5. The lowest BCUT2D eigenvalue weighted by Crippen LogP contribution is -2.49. The molecule has 4 nitrogen and oxygen atoms in total. The van der Waals surface area contributed by atoms with E-state index in [2.05, 4.69) is 22.8 Å². The minimum Gasteiger partial charge on any atom is -0.347 e. The molecule has 0 fully saturated rings. The molecule has 0 bridgehead atoms. The third kappa shape index (κ3) is 4.77. The molecule has 1 aliphatic rings. The van der Waals surface area contributed by atoms with Gasteiger partial charge in [0.25, 0.3) is 5.91 Å². The SMILES string of the molecule is O=C(N[C@@H](Cc1ccccc1)C(=O)N[C@H]1CCCc2ccccc21)c1ccccc1. The molecule has 2 amide bonds. The zero-order valence-electron chi connectivity index (χ0n) is 16.9. The summed E-state index contributed by atoms with van der Waals surface area (Å²) in [5.41, 5.74) is 4.04. The van der Waals surface area contributed by atoms with Crippen molar-refractivity contribution >= 4 is 11.8 Å². The molecule has 2 atom stereocenters. The Morgan fingerprint density at radius 3 is 2.30 bits per heavy atom. The van der Waals surface area contributed by atoms with Gasteiger partial charge in [-0.2, -0.15) is 0 Å². The largest absolute Gasteiger partial charge is 0.347 e.